The maximum Gasteiger partial charge on any atom is 0.254 e. The second-order valence-corrected chi connectivity index (χ2v) is 5.14. The van der Waals surface area contributed by atoms with Crippen molar-refractivity contribution < 1.29 is 0 Å². The lowest BCUT2D eigenvalue weighted by Gasteiger charge is -2.16. The molecule has 2 aliphatic rings. The van der Waals surface area contributed by atoms with Gasteiger partial charge in [-0.2, -0.15) is 0 Å². The van der Waals surface area contributed by atoms with Crippen LogP contribution in [0.3, 0.4) is 0 Å². The van der Waals surface area contributed by atoms with Gasteiger partial charge in [-0.15, -0.1) is 0 Å². The topological polar surface area (TPSA) is 57.8 Å². The molecule has 4 nitrogen and oxygen atoms in total. The maximum absolute atomic E-state index is 11.9. The predicted octanol–water partition coefficient (Wildman–Crippen LogP) is 0.943. The third-order valence-corrected chi connectivity index (χ3v) is 3.84. The fourth-order valence-electron chi connectivity index (χ4n) is 2.92. The van der Waals surface area contributed by atoms with E-state index in [2.05, 4.69) is 15.3 Å². The van der Waals surface area contributed by atoms with Crippen molar-refractivity contribution in [2.75, 3.05) is 6.54 Å². The van der Waals surface area contributed by atoms with E-state index in [4.69, 9.17) is 0 Å². The van der Waals surface area contributed by atoms with Crippen LogP contribution in [0.5, 0.6) is 0 Å². The van der Waals surface area contributed by atoms with Gasteiger partial charge in [0.05, 0.1) is 5.69 Å². The molecule has 1 fully saturated rings. The molecule has 1 aromatic rings. The summed E-state index contributed by atoms with van der Waals surface area (Å²) in [7, 11) is 0. The highest BCUT2D eigenvalue weighted by molar-refractivity contribution is 5.20. The molecule has 0 bridgehead atoms. The highest BCUT2D eigenvalue weighted by Gasteiger charge is 2.19. The number of nitrogens with one attached hydrogen (secondary N) is 2. The molecule has 1 aliphatic heterocycles. The molecule has 0 amide bonds. The van der Waals surface area contributed by atoms with Gasteiger partial charge in [0.25, 0.3) is 5.56 Å². The molecule has 2 heterocycles. The van der Waals surface area contributed by atoms with Crippen molar-refractivity contribution in [2.45, 2.75) is 51.0 Å². The minimum Gasteiger partial charge on any atom is -0.314 e. The van der Waals surface area contributed by atoms with Crippen LogP contribution in [-0.4, -0.2) is 22.6 Å². The molecule has 1 aromatic heterocycles. The van der Waals surface area contributed by atoms with Gasteiger partial charge in [0.1, 0.15) is 5.82 Å². The summed E-state index contributed by atoms with van der Waals surface area (Å²) >= 11 is 0. The van der Waals surface area contributed by atoms with Gasteiger partial charge in [-0.3, -0.25) is 4.79 Å². The van der Waals surface area contributed by atoms with Gasteiger partial charge in [0, 0.05) is 18.0 Å². The van der Waals surface area contributed by atoms with Gasteiger partial charge in [-0.1, -0.05) is 0 Å². The van der Waals surface area contributed by atoms with Crippen molar-refractivity contribution in [1.82, 2.24) is 15.3 Å². The Hall–Kier alpha value is -1.16. The van der Waals surface area contributed by atoms with Gasteiger partial charge in [-0.25, -0.2) is 4.98 Å². The zero-order valence-corrected chi connectivity index (χ0v) is 10.1. The monoisotopic (exact) mass is 233 g/mol. The van der Waals surface area contributed by atoms with Crippen LogP contribution >= 0.6 is 0 Å². The molecule has 1 saturated heterocycles. The fraction of sp³-hybridized carbons (Fsp3) is 0.692. The molecule has 2 N–H and O–H groups in total. The third-order valence-electron chi connectivity index (χ3n) is 3.84. The molecule has 0 saturated carbocycles. The summed E-state index contributed by atoms with van der Waals surface area (Å²) in [6.07, 6.45) is 7.47. The van der Waals surface area contributed by atoms with E-state index in [0.29, 0.717) is 6.04 Å². The molecule has 17 heavy (non-hydrogen) atoms. The van der Waals surface area contributed by atoms with Crippen LogP contribution < -0.4 is 10.9 Å². The molecule has 1 aliphatic carbocycles. The summed E-state index contributed by atoms with van der Waals surface area (Å²) in [6.45, 7) is 1.10. The predicted molar refractivity (Wildman–Crippen MR) is 66.2 cm³/mol. The summed E-state index contributed by atoms with van der Waals surface area (Å²) in [6, 6.07) is 0.500. The van der Waals surface area contributed by atoms with Gasteiger partial charge in [0.15, 0.2) is 0 Å². The first-order valence-electron chi connectivity index (χ1n) is 6.67. The number of aromatic nitrogens is 2. The Morgan fingerprint density at radius 2 is 2.12 bits per heavy atom. The van der Waals surface area contributed by atoms with Crippen LogP contribution in [0.2, 0.25) is 0 Å². The lowest BCUT2D eigenvalue weighted by molar-refractivity contribution is 0.573. The van der Waals surface area contributed by atoms with Crippen LogP contribution in [0.25, 0.3) is 0 Å². The third kappa shape index (κ3) is 2.27. The molecule has 1 unspecified atom stereocenters. The van der Waals surface area contributed by atoms with Gasteiger partial charge < -0.3 is 10.3 Å². The highest BCUT2D eigenvalue weighted by Crippen LogP contribution is 2.16. The van der Waals surface area contributed by atoms with Crippen LogP contribution in [0.1, 0.15) is 42.8 Å². The number of rotatable bonds is 2. The fourth-order valence-corrected chi connectivity index (χ4v) is 2.92. The van der Waals surface area contributed by atoms with Crippen LogP contribution in [0.4, 0.5) is 0 Å². The Labute approximate surface area is 101 Å². The van der Waals surface area contributed by atoms with E-state index in [1.165, 1.54) is 19.3 Å². The lowest BCUT2D eigenvalue weighted by atomic mass is 9.97. The number of nitrogens with zero attached hydrogens (tertiary/aromatic N) is 1. The normalized spacial score (nSPS) is 23.6. The van der Waals surface area contributed by atoms with Crippen molar-refractivity contribution in [1.29, 1.82) is 0 Å². The van der Waals surface area contributed by atoms with Crippen molar-refractivity contribution in [3.63, 3.8) is 0 Å². The van der Waals surface area contributed by atoms with Gasteiger partial charge in [-0.05, 0) is 45.1 Å². The minimum absolute atomic E-state index is 0.0997. The second-order valence-electron chi connectivity index (χ2n) is 5.14. The SMILES string of the molecule is O=c1[nH]c(CC2CCCN2)nc2c1CCCC2. The number of hydrogen-bond donors (Lipinski definition) is 2. The number of aromatic amines is 1. The van der Waals surface area contributed by atoms with Crippen molar-refractivity contribution in [3.05, 3.63) is 27.4 Å². The molecule has 0 aromatic carbocycles. The summed E-state index contributed by atoms with van der Waals surface area (Å²) in [5.41, 5.74) is 2.08. The smallest absolute Gasteiger partial charge is 0.254 e. The van der Waals surface area contributed by atoms with Crippen molar-refractivity contribution in [3.8, 4) is 0 Å². The van der Waals surface area contributed by atoms with Gasteiger partial charge >= 0.3 is 0 Å². The van der Waals surface area contributed by atoms with Crippen LogP contribution in [-0.2, 0) is 19.3 Å². The zero-order valence-electron chi connectivity index (χ0n) is 10.1. The molecule has 92 valence electrons. The van der Waals surface area contributed by atoms with E-state index >= 15 is 0 Å². The zero-order chi connectivity index (χ0) is 11.7. The van der Waals surface area contributed by atoms with Crippen LogP contribution in [0, 0.1) is 0 Å². The molecular formula is C13H19N3O. The first-order valence-corrected chi connectivity index (χ1v) is 6.67. The second kappa shape index (κ2) is 4.61. The maximum atomic E-state index is 11.9. The average Bonchev–Trinajstić information content (AvgIpc) is 2.82. The largest absolute Gasteiger partial charge is 0.314 e. The van der Waals surface area contributed by atoms with Crippen molar-refractivity contribution in [2.24, 2.45) is 0 Å². The Bertz CT molecular complexity index is 460. The van der Waals surface area contributed by atoms with Crippen molar-refractivity contribution >= 4 is 0 Å². The number of aryl methyl sites for hydroxylation is 1. The minimum atomic E-state index is 0.0997. The first-order chi connectivity index (χ1) is 8.33. The van der Waals surface area contributed by atoms with E-state index in [1.807, 2.05) is 0 Å². The average molecular weight is 233 g/mol. The van der Waals surface area contributed by atoms with E-state index in [-0.39, 0.29) is 5.56 Å². The Kier molecular flexibility index (Phi) is 2.97. The molecule has 1 atom stereocenters. The first kappa shape index (κ1) is 11.0. The molecule has 4 heteroatoms. The van der Waals surface area contributed by atoms with Crippen LogP contribution in [0.15, 0.2) is 4.79 Å². The Morgan fingerprint density at radius 3 is 2.94 bits per heavy atom. The summed E-state index contributed by atoms with van der Waals surface area (Å²) < 4.78 is 0. The Balaban J connectivity index is 1.85. The van der Waals surface area contributed by atoms with E-state index in [0.717, 1.165) is 49.3 Å². The summed E-state index contributed by atoms with van der Waals surface area (Å²) in [5, 5.41) is 3.44. The van der Waals surface area contributed by atoms with E-state index in [1.54, 1.807) is 0 Å². The quantitative estimate of drug-likeness (QED) is 0.799. The van der Waals surface area contributed by atoms with E-state index < -0.39 is 0 Å². The molecule has 0 spiro atoms. The summed E-state index contributed by atoms with van der Waals surface area (Å²) in [4.78, 5) is 19.5. The standard InChI is InChI=1S/C13H19N3O/c17-13-10-5-1-2-6-11(10)15-12(16-13)8-9-4-3-7-14-9/h9,14H,1-8H2,(H,15,16,17). The molecular weight excluding hydrogens is 214 g/mol. The molecule has 0 radical (unpaired) electrons. The highest BCUT2D eigenvalue weighted by atomic mass is 16.1. The molecule has 3 rings (SSSR count). The number of hydrogen-bond acceptors (Lipinski definition) is 3. The summed E-state index contributed by atoms with van der Waals surface area (Å²) in [5.74, 6) is 0.870. The lowest BCUT2D eigenvalue weighted by Crippen LogP contribution is -2.28. The number of H-pyrrole nitrogens is 1. The van der Waals surface area contributed by atoms with Gasteiger partial charge in [0.2, 0.25) is 0 Å². The number of fused-ring (bicyclic) bond motifs is 1. The van der Waals surface area contributed by atoms with E-state index in [9.17, 15) is 4.79 Å². The Morgan fingerprint density at radius 1 is 1.24 bits per heavy atom.